The Morgan fingerprint density at radius 3 is 2.50 bits per heavy atom. The van der Waals surface area contributed by atoms with Crippen LogP contribution in [0.25, 0.3) is 11.3 Å². The van der Waals surface area contributed by atoms with Crippen LogP contribution in [-0.4, -0.2) is 42.3 Å². The summed E-state index contributed by atoms with van der Waals surface area (Å²) in [5, 5.41) is 0. The van der Waals surface area contributed by atoms with Gasteiger partial charge in [0.15, 0.2) is 5.76 Å². The van der Waals surface area contributed by atoms with Gasteiger partial charge in [-0.3, -0.25) is 4.90 Å². The molecule has 1 saturated heterocycles. The van der Waals surface area contributed by atoms with Crippen LogP contribution in [0.3, 0.4) is 0 Å². The maximum atomic E-state index is 5.88. The van der Waals surface area contributed by atoms with Crippen LogP contribution in [-0.2, 0) is 11.3 Å². The van der Waals surface area contributed by atoms with Crippen molar-refractivity contribution in [1.29, 1.82) is 0 Å². The van der Waals surface area contributed by atoms with Crippen LogP contribution in [0.15, 0.2) is 34.9 Å². The standard InChI is InChI=1S/C17H22N2O3/c1-12-9-19(10-13(2)21-12)11-17-18-8-16(22-17)14-4-6-15(20-3)7-5-14/h4-8,12-13H,9-11H2,1-3H3/t12-,13+. The topological polar surface area (TPSA) is 47.7 Å². The Morgan fingerprint density at radius 2 is 1.86 bits per heavy atom. The van der Waals surface area contributed by atoms with Gasteiger partial charge in [-0.05, 0) is 38.1 Å². The van der Waals surface area contributed by atoms with Gasteiger partial charge in [-0.25, -0.2) is 4.98 Å². The molecule has 0 spiro atoms. The lowest BCUT2D eigenvalue weighted by Gasteiger charge is -2.34. The quantitative estimate of drug-likeness (QED) is 0.869. The molecule has 0 amide bonds. The van der Waals surface area contributed by atoms with Crippen molar-refractivity contribution in [2.45, 2.75) is 32.6 Å². The lowest BCUT2D eigenvalue weighted by atomic mass is 10.2. The van der Waals surface area contributed by atoms with E-state index in [0.717, 1.165) is 36.1 Å². The molecule has 0 saturated carbocycles. The second-order valence-electron chi connectivity index (χ2n) is 5.80. The van der Waals surface area contributed by atoms with E-state index in [2.05, 4.69) is 23.7 Å². The summed E-state index contributed by atoms with van der Waals surface area (Å²) in [5.41, 5.74) is 1.00. The van der Waals surface area contributed by atoms with Crippen LogP contribution in [0, 0.1) is 0 Å². The summed E-state index contributed by atoms with van der Waals surface area (Å²) in [7, 11) is 1.66. The largest absolute Gasteiger partial charge is 0.497 e. The highest BCUT2D eigenvalue weighted by atomic mass is 16.5. The van der Waals surface area contributed by atoms with Crippen molar-refractivity contribution in [2.75, 3.05) is 20.2 Å². The molecule has 5 nitrogen and oxygen atoms in total. The van der Waals surface area contributed by atoms with E-state index in [-0.39, 0.29) is 12.2 Å². The molecule has 0 bridgehead atoms. The Balaban J connectivity index is 1.68. The fourth-order valence-corrected chi connectivity index (χ4v) is 2.88. The van der Waals surface area contributed by atoms with Gasteiger partial charge < -0.3 is 13.9 Å². The predicted molar refractivity (Wildman–Crippen MR) is 83.8 cm³/mol. The first kappa shape index (κ1) is 15.1. The maximum Gasteiger partial charge on any atom is 0.209 e. The summed E-state index contributed by atoms with van der Waals surface area (Å²) < 4.78 is 16.8. The molecule has 1 aromatic heterocycles. The number of oxazole rings is 1. The van der Waals surface area contributed by atoms with E-state index in [1.165, 1.54) is 0 Å². The highest BCUT2D eigenvalue weighted by molar-refractivity contribution is 5.57. The van der Waals surface area contributed by atoms with Gasteiger partial charge in [0.05, 0.1) is 32.1 Å². The molecular weight excluding hydrogens is 280 g/mol. The maximum absolute atomic E-state index is 5.88. The first-order valence-electron chi connectivity index (χ1n) is 7.61. The Kier molecular flexibility index (Phi) is 4.45. The third-order valence-electron chi connectivity index (χ3n) is 3.78. The van der Waals surface area contributed by atoms with E-state index in [1.807, 2.05) is 24.3 Å². The van der Waals surface area contributed by atoms with Crippen LogP contribution in [0.1, 0.15) is 19.7 Å². The van der Waals surface area contributed by atoms with Gasteiger partial charge in [0.1, 0.15) is 5.75 Å². The Hall–Kier alpha value is -1.85. The predicted octanol–water partition coefficient (Wildman–Crippen LogP) is 2.96. The SMILES string of the molecule is COc1ccc(-c2cnc(CN3C[C@@H](C)O[C@@H](C)C3)o2)cc1. The van der Waals surface area contributed by atoms with Crippen molar-refractivity contribution >= 4 is 0 Å². The van der Waals surface area contributed by atoms with Gasteiger partial charge in [-0.2, -0.15) is 0 Å². The summed E-state index contributed by atoms with van der Waals surface area (Å²) in [6.45, 7) is 6.73. The lowest BCUT2D eigenvalue weighted by Crippen LogP contribution is -2.44. The van der Waals surface area contributed by atoms with E-state index in [4.69, 9.17) is 13.9 Å². The molecule has 2 aromatic rings. The molecule has 0 radical (unpaired) electrons. The second-order valence-corrected chi connectivity index (χ2v) is 5.80. The van der Waals surface area contributed by atoms with Crippen LogP contribution < -0.4 is 4.74 Å². The third kappa shape index (κ3) is 3.48. The summed E-state index contributed by atoms with van der Waals surface area (Å²) in [4.78, 5) is 6.72. The monoisotopic (exact) mass is 302 g/mol. The third-order valence-corrected chi connectivity index (χ3v) is 3.78. The van der Waals surface area contributed by atoms with Crippen molar-refractivity contribution in [3.05, 3.63) is 36.4 Å². The van der Waals surface area contributed by atoms with Gasteiger partial charge in [0.25, 0.3) is 0 Å². The summed E-state index contributed by atoms with van der Waals surface area (Å²) in [6.07, 6.45) is 2.28. The Morgan fingerprint density at radius 1 is 1.18 bits per heavy atom. The highest BCUT2D eigenvalue weighted by Crippen LogP contribution is 2.24. The number of nitrogens with zero attached hydrogens (tertiary/aromatic N) is 2. The molecular formula is C17H22N2O3. The first-order valence-corrected chi connectivity index (χ1v) is 7.61. The van der Waals surface area contributed by atoms with Crippen LogP contribution in [0.2, 0.25) is 0 Å². The molecule has 2 heterocycles. The number of benzene rings is 1. The molecule has 1 aliphatic rings. The summed E-state index contributed by atoms with van der Waals surface area (Å²) >= 11 is 0. The molecule has 1 aromatic carbocycles. The van der Waals surface area contributed by atoms with Gasteiger partial charge in [-0.1, -0.05) is 0 Å². The average Bonchev–Trinajstić information content (AvgIpc) is 2.95. The number of aromatic nitrogens is 1. The number of rotatable bonds is 4. The molecule has 0 aliphatic carbocycles. The first-order chi connectivity index (χ1) is 10.6. The van der Waals surface area contributed by atoms with E-state index in [0.29, 0.717) is 6.54 Å². The number of hydrogen-bond donors (Lipinski definition) is 0. The summed E-state index contributed by atoms with van der Waals surface area (Å²) in [5.74, 6) is 2.36. The smallest absolute Gasteiger partial charge is 0.209 e. The molecule has 2 atom stereocenters. The Bertz CT molecular complexity index is 599. The highest BCUT2D eigenvalue weighted by Gasteiger charge is 2.23. The molecule has 0 unspecified atom stereocenters. The number of morpholine rings is 1. The number of ether oxygens (including phenoxy) is 2. The Labute approximate surface area is 130 Å². The van der Waals surface area contributed by atoms with Crippen molar-refractivity contribution in [1.82, 2.24) is 9.88 Å². The van der Waals surface area contributed by atoms with E-state index < -0.39 is 0 Å². The zero-order chi connectivity index (χ0) is 15.5. The molecule has 3 rings (SSSR count). The zero-order valence-electron chi connectivity index (χ0n) is 13.3. The van der Waals surface area contributed by atoms with Gasteiger partial charge in [0, 0.05) is 18.7 Å². The average molecular weight is 302 g/mol. The minimum absolute atomic E-state index is 0.250. The van der Waals surface area contributed by atoms with Crippen molar-refractivity contribution in [3.63, 3.8) is 0 Å². The number of hydrogen-bond acceptors (Lipinski definition) is 5. The van der Waals surface area contributed by atoms with Gasteiger partial charge >= 0.3 is 0 Å². The molecule has 1 aliphatic heterocycles. The van der Waals surface area contributed by atoms with Crippen molar-refractivity contribution < 1.29 is 13.9 Å². The zero-order valence-corrected chi connectivity index (χ0v) is 13.3. The van der Waals surface area contributed by atoms with E-state index in [1.54, 1.807) is 13.3 Å². The summed E-state index contributed by atoms with van der Waals surface area (Å²) in [6, 6.07) is 7.79. The molecule has 1 fully saturated rings. The van der Waals surface area contributed by atoms with Crippen LogP contribution in [0.4, 0.5) is 0 Å². The van der Waals surface area contributed by atoms with Gasteiger partial charge in [0.2, 0.25) is 5.89 Å². The van der Waals surface area contributed by atoms with Crippen molar-refractivity contribution in [3.8, 4) is 17.1 Å². The fourth-order valence-electron chi connectivity index (χ4n) is 2.88. The van der Waals surface area contributed by atoms with Gasteiger partial charge in [-0.15, -0.1) is 0 Å². The minimum atomic E-state index is 0.250. The minimum Gasteiger partial charge on any atom is -0.497 e. The second kappa shape index (κ2) is 6.50. The lowest BCUT2D eigenvalue weighted by molar-refractivity contribution is -0.0721. The molecule has 118 valence electrons. The molecule has 5 heteroatoms. The molecule has 0 N–H and O–H groups in total. The fraction of sp³-hybridized carbons (Fsp3) is 0.471. The van der Waals surface area contributed by atoms with Crippen LogP contribution >= 0.6 is 0 Å². The van der Waals surface area contributed by atoms with E-state index >= 15 is 0 Å². The number of methoxy groups -OCH3 is 1. The molecule has 22 heavy (non-hydrogen) atoms. The van der Waals surface area contributed by atoms with Crippen LogP contribution in [0.5, 0.6) is 5.75 Å². The normalized spacial score (nSPS) is 22.7. The van der Waals surface area contributed by atoms with Crippen molar-refractivity contribution in [2.24, 2.45) is 0 Å². The van der Waals surface area contributed by atoms with E-state index in [9.17, 15) is 0 Å².